The Balaban J connectivity index is 1.50. The number of hydrogen-bond donors (Lipinski definition) is 1. The Labute approximate surface area is 174 Å². The fourth-order valence-electron chi connectivity index (χ4n) is 2.83. The van der Waals surface area contributed by atoms with Gasteiger partial charge in [-0.1, -0.05) is 30.3 Å². The molecule has 1 amide bonds. The van der Waals surface area contributed by atoms with Crippen LogP contribution in [-0.2, 0) is 22.6 Å². The number of hydrogen-bond acceptors (Lipinski definition) is 7. The van der Waals surface area contributed by atoms with Crippen molar-refractivity contribution in [3.63, 3.8) is 0 Å². The number of carbonyl (C=O) groups excluding carboxylic acids is 2. The Morgan fingerprint density at radius 3 is 2.53 bits per heavy atom. The SMILES string of the molecule is CCc1cccc(C)c1NC(=O)COC(=O)c1ccc(OCc2noc(C)n2)cc1. The molecule has 2 aromatic carbocycles. The normalized spacial score (nSPS) is 10.5. The quantitative estimate of drug-likeness (QED) is 0.567. The Kier molecular flexibility index (Phi) is 6.79. The van der Waals surface area contributed by atoms with Gasteiger partial charge in [-0.2, -0.15) is 4.98 Å². The van der Waals surface area contributed by atoms with E-state index in [9.17, 15) is 9.59 Å². The molecule has 3 rings (SSSR count). The van der Waals surface area contributed by atoms with E-state index < -0.39 is 5.97 Å². The summed E-state index contributed by atoms with van der Waals surface area (Å²) in [6.07, 6.45) is 0.790. The molecule has 0 radical (unpaired) electrons. The van der Waals surface area contributed by atoms with Crippen molar-refractivity contribution in [2.45, 2.75) is 33.8 Å². The highest BCUT2D eigenvalue weighted by molar-refractivity contribution is 5.96. The minimum Gasteiger partial charge on any atom is -0.485 e. The summed E-state index contributed by atoms with van der Waals surface area (Å²) >= 11 is 0. The van der Waals surface area contributed by atoms with Gasteiger partial charge in [-0.3, -0.25) is 4.79 Å². The van der Waals surface area contributed by atoms with Crippen molar-refractivity contribution in [2.75, 3.05) is 11.9 Å². The first-order chi connectivity index (χ1) is 14.5. The number of aryl methyl sites for hydroxylation is 3. The first-order valence-corrected chi connectivity index (χ1v) is 9.53. The topological polar surface area (TPSA) is 104 Å². The molecular formula is C22H23N3O5. The number of rotatable bonds is 8. The zero-order chi connectivity index (χ0) is 21.5. The number of para-hydroxylation sites is 1. The third-order valence-electron chi connectivity index (χ3n) is 4.37. The first kappa shape index (κ1) is 21.0. The molecule has 30 heavy (non-hydrogen) atoms. The van der Waals surface area contributed by atoms with Crippen molar-refractivity contribution >= 4 is 17.6 Å². The minimum absolute atomic E-state index is 0.153. The molecule has 0 spiro atoms. The number of benzene rings is 2. The molecule has 0 saturated carbocycles. The molecule has 1 heterocycles. The summed E-state index contributed by atoms with van der Waals surface area (Å²) in [4.78, 5) is 28.5. The molecule has 0 aliphatic rings. The molecule has 8 heteroatoms. The van der Waals surface area contributed by atoms with Gasteiger partial charge in [0.25, 0.3) is 5.91 Å². The van der Waals surface area contributed by atoms with E-state index in [1.807, 2.05) is 32.0 Å². The van der Waals surface area contributed by atoms with Gasteiger partial charge in [0.15, 0.2) is 13.2 Å². The number of ether oxygens (including phenoxy) is 2. The summed E-state index contributed by atoms with van der Waals surface area (Å²) in [7, 11) is 0. The summed E-state index contributed by atoms with van der Waals surface area (Å²) in [5, 5.41) is 6.56. The van der Waals surface area contributed by atoms with Gasteiger partial charge in [-0.15, -0.1) is 0 Å². The summed E-state index contributed by atoms with van der Waals surface area (Å²) in [6, 6.07) is 12.2. The van der Waals surface area contributed by atoms with Crippen LogP contribution in [0.4, 0.5) is 5.69 Å². The molecule has 156 valence electrons. The van der Waals surface area contributed by atoms with Gasteiger partial charge in [0, 0.05) is 12.6 Å². The van der Waals surface area contributed by atoms with E-state index in [4.69, 9.17) is 14.0 Å². The van der Waals surface area contributed by atoms with Crippen LogP contribution in [0.1, 0.15) is 40.1 Å². The summed E-state index contributed by atoms with van der Waals surface area (Å²) < 4.78 is 15.5. The van der Waals surface area contributed by atoms with Crippen LogP contribution >= 0.6 is 0 Å². The van der Waals surface area contributed by atoms with Crippen LogP contribution in [0, 0.1) is 13.8 Å². The smallest absolute Gasteiger partial charge is 0.338 e. The largest absolute Gasteiger partial charge is 0.485 e. The standard InChI is InChI=1S/C22H23N3O5/c1-4-16-7-5-6-14(2)21(16)24-20(26)13-29-22(27)17-8-10-18(11-9-17)28-12-19-23-15(3)30-25-19/h5-11H,4,12-13H2,1-3H3,(H,24,26). The lowest BCUT2D eigenvalue weighted by Gasteiger charge is -2.13. The van der Waals surface area contributed by atoms with Crippen LogP contribution in [0.15, 0.2) is 47.0 Å². The Bertz CT molecular complexity index is 1030. The van der Waals surface area contributed by atoms with Gasteiger partial charge in [-0.05, 0) is 48.7 Å². The van der Waals surface area contributed by atoms with Crippen molar-refractivity contribution < 1.29 is 23.6 Å². The lowest BCUT2D eigenvalue weighted by Crippen LogP contribution is -2.22. The van der Waals surface area contributed by atoms with E-state index in [0.29, 0.717) is 23.0 Å². The fraction of sp³-hybridized carbons (Fsp3) is 0.273. The van der Waals surface area contributed by atoms with E-state index in [2.05, 4.69) is 15.5 Å². The molecule has 0 bridgehead atoms. The van der Waals surface area contributed by atoms with Crippen molar-refractivity contribution in [1.29, 1.82) is 0 Å². The molecule has 8 nitrogen and oxygen atoms in total. The molecule has 0 unspecified atom stereocenters. The number of anilines is 1. The van der Waals surface area contributed by atoms with Crippen LogP contribution in [0.5, 0.6) is 5.75 Å². The predicted molar refractivity (Wildman–Crippen MR) is 109 cm³/mol. The second-order valence-electron chi connectivity index (χ2n) is 6.63. The van der Waals surface area contributed by atoms with E-state index >= 15 is 0 Å². The second kappa shape index (κ2) is 9.69. The summed E-state index contributed by atoms with van der Waals surface area (Å²) in [5.41, 5.74) is 3.07. The molecule has 0 aliphatic carbocycles. The minimum atomic E-state index is -0.592. The molecule has 0 saturated heterocycles. The Hall–Kier alpha value is -3.68. The third kappa shape index (κ3) is 5.44. The van der Waals surface area contributed by atoms with Crippen molar-refractivity contribution in [1.82, 2.24) is 10.1 Å². The molecular weight excluding hydrogens is 386 g/mol. The van der Waals surface area contributed by atoms with Gasteiger partial charge in [-0.25, -0.2) is 4.79 Å². The summed E-state index contributed by atoms with van der Waals surface area (Å²) in [6.45, 7) is 5.41. The average Bonchev–Trinajstić information content (AvgIpc) is 3.17. The maximum absolute atomic E-state index is 12.2. The number of nitrogens with zero attached hydrogens (tertiary/aromatic N) is 2. The number of amides is 1. The van der Waals surface area contributed by atoms with Gasteiger partial charge in [0.1, 0.15) is 5.75 Å². The van der Waals surface area contributed by atoms with Crippen molar-refractivity contribution in [3.05, 3.63) is 70.9 Å². The van der Waals surface area contributed by atoms with Gasteiger partial charge >= 0.3 is 5.97 Å². The van der Waals surface area contributed by atoms with Gasteiger partial charge < -0.3 is 19.3 Å². The lowest BCUT2D eigenvalue weighted by atomic mass is 10.1. The van der Waals surface area contributed by atoms with Crippen LogP contribution in [0.25, 0.3) is 0 Å². The molecule has 0 aliphatic heterocycles. The van der Waals surface area contributed by atoms with E-state index in [0.717, 1.165) is 23.2 Å². The van der Waals surface area contributed by atoms with E-state index in [1.165, 1.54) is 0 Å². The first-order valence-electron chi connectivity index (χ1n) is 9.53. The number of carbonyl (C=O) groups is 2. The van der Waals surface area contributed by atoms with Crippen LogP contribution < -0.4 is 10.1 Å². The predicted octanol–water partition coefficient (Wildman–Crippen LogP) is 3.62. The zero-order valence-corrected chi connectivity index (χ0v) is 17.1. The highest BCUT2D eigenvalue weighted by Crippen LogP contribution is 2.21. The number of nitrogens with one attached hydrogen (secondary N) is 1. The van der Waals surface area contributed by atoms with E-state index in [-0.39, 0.29) is 19.1 Å². The summed E-state index contributed by atoms with van der Waals surface area (Å²) in [5.74, 6) is 0.457. The highest BCUT2D eigenvalue weighted by Gasteiger charge is 2.13. The monoisotopic (exact) mass is 409 g/mol. The Morgan fingerprint density at radius 2 is 1.87 bits per heavy atom. The molecule has 0 fully saturated rings. The average molecular weight is 409 g/mol. The Morgan fingerprint density at radius 1 is 1.10 bits per heavy atom. The van der Waals surface area contributed by atoms with Gasteiger partial charge in [0.05, 0.1) is 5.56 Å². The number of aromatic nitrogens is 2. The maximum atomic E-state index is 12.2. The molecule has 3 aromatic rings. The zero-order valence-electron chi connectivity index (χ0n) is 17.1. The van der Waals surface area contributed by atoms with Crippen molar-refractivity contribution in [3.8, 4) is 5.75 Å². The maximum Gasteiger partial charge on any atom is 0.338 e. The number of esters is 1. The van der Waals surface area contributed by atoms with Crippen LogP contribution in [-0.4, -0.2) is 28.6 Å². The van der Waals surface area contributed by atoms with E-state index in [1.54, 1.807) is 31.2 Å². The van der Waals surface area contributed by atoms with Gasteiger partial charge in [0.2, 0.25) is 11.7 Å². The van der Waals surface area contributed by atoms with Crippen LogP contribution in [0.3, 0.4) is 0 Å². The fourth-order valence-corrected chi connectivity index (χ4v) is 2.83. The second-order valence-corrected chi connectivity index (χ2v) is 6.63. The van der Waals surface area contributed by atoms with Crippen molar-refractivity contribution in [2.24, 2.45) is 0 Å². The lowest BCUT2D eigenvalue weighted by molar-refractivity contribution is -0.119. The van der Waals surface area contributed by atoms with Crippen LogP contribution in [0.2, 0.25) is 0 Å². The highest BCUT2D eigenvalue weighted by atomic mass is 16.5. The molecule has 0 atom stereocenters. The molecule has 1 aromatic heterocycles. The third-order valence-corrected chi connectivity index (χ3v) is 4.37. The molecule has 1 N–H and O–H groups in total.